The highest BCUT2D eigenvalue weighted by Gasteiger charge is 2.49. The summed E-state index contributed by atoms with van der Waals surface area (Å²) < 4.78 is 63.9. The second-order valence-electron chi connectivity index (χ2n) is 14.9. The Morgan fingerprint density at radius 2 is 1.87 bits per heavy atom. The summed E-state index contributed by atoms with van der Waals surface area (Å²) in [6, 6.07) is 5.02. The number of phenolic OH excluding ortho intramolecular Hbond substituents is 1. The number of hydrogen-bond donors (Lipinski definition) is 1. The normalized spacial score (nSPS) is 20.7. The smallest absolute Gasteiger partial charge is 0.431 e. The monoisotopic (exact) mass is 760 g/mol. The molecule has 3 atom stereocenters. The first-order chi connectivity index (χ1) is 26.4. The maximum Gasteiger partial charge on any atom is 0.431 e. The second-order valence-corrected chi connectivity index (χ2v) is 14.9. The molecule has 1 amide bonds. The van der Waals surface area contributed by atoms with Crippen LogP contribution in [0.2, 0.25) is 0 Å². The highest BCUT2D eigenvalue weighted by Crippen LogP contribution is 2.42. The number of rotatable bonds is 9. The van der Waals surface area contributed by atoms with Gasteiger partial charge in [0.1, 0.15) is 35.6 Å². The number of aromatic nitrogens is 3. The molecule has 0 aliphatic carbocycles. The number of benzene rings is 2. The Kier molecular flexibility index (Phi) is 10.6. The summed E-state index contributed by atoms with van der Waals surface area (Å²) in [7, 11) is 0. The number of hydrogen-bond acceptors (Lipinski definition) is 11. The number of carbonyl (C=O) groups excluding carboxylic acids is 2. The molecule has 0 saturated carbocycles. The third-order valence-electron chi connectivity index (χ3n) is 10.5. The van der Waals surface area contributed by atoms with E-state index in [9.17, 15) is 23.5 Å². The number of pyridine rings is 1. The molecule has 0 bridgehead atoms. The number of hydrazine groups is 1. The van der Waals surface area contributed by atoms with E-state index in [4.69, 9.17) is 25.6 Å². The first kappa shape index (κ1) is 37.9. The quantitative estimate of drug-likeness (QED) is 0.107. The van der Waals surface area contributed by atoms with E-state index in [-0.39, 0.29) is 89.1 Å². The minimum absolute atomic E-state index is 0.0332. The molecule has 15 heteroatoms. The van der Waals surface area contributed by atoms with E-state index in [0.29, 0.717) is 31.2 Å². The molecule has 3 aliphatic heterocycles. The number of halogens is 3. The van der Waals surface area contributed by atoms with Crippen molar-refractivity contribution in [3.8, 4) is 35.4 Å². The number of carbonyl (C=O) groups is 2. The van der Waals surface area contributed by atoms with Crippen LogP contribution in [0.25, 0.3) is 32.9 Å². The van der Waals surface area contributed by atoms with E-state index < -0.39 is 41.7 Å². The van der Waals surface area contributed by atoms with Gasteiger partial charge in [0.25, 0.3) is 0 Å². The molecule has 3 saturated heterocycles. The zero-order chi connectivity index (χ0) is 39.0. The van der Waals surface area contributed by atoms with Crippen LogP contribution in [0.15, 0.2) is 30.5 Å². The first-order valence-corrected chi connectivity index (χ1v) is 18.6. The number of anilines is 1. The summed E-state index contributed by atoms with van der Waals surface area (Å²) >= 11 is 0. The molecule has 1 N–H and O–H groups in total. The molecule has 2 aromatic carbocycles. The van der Waals surface area contributed by atoms with Gasteiger partial charge >= 0.3 is 18.1 Å². The number of amides is 1. The fourth-order valence-electron chi connectivity index (χ4n) is 8.02. The molecule has 1 unspecified atom stereocenters. The average molecular weight is 761 g/mol. The van der Waals surface area contributed by atoms with Crippen LogP contribution in [0.4, 0.5) is 23.8 Å². The van der Waals surface area contributed by atoms with Gasteiger partial charge < -0.3 is 19.3 Å². The number of nitrogens with zero attached hydrogens (tertiary/aromatic N) is 6. The third kappa shape index (κ3) is 7.52. The van der Waals surface area contributed by atoms with Gasteiger partial charge in [-0.3, -0.25) is 19.7 Å². The number of aromatic hydroxyl groups is 1. The Balaban J connectivity index is 1.33. The standard InChI is InChI=1S/C40H43F3N6O6/c1-5-28-31(42)11-10-25-17-27(50)18-29(33(25)28)35-34(43)36-30(20-44-35)37(46-38(45-36)53-22-40-12-9-13-47(40)21-26(41)19-40)48-14-7-6-8-15-49(48)39(52)55-24(4)54-32(51)16-23(2)3/h1,10-11,17-18,20,23-24,26,50H,6-9,12-16,19,21-22H2,2-4H3/t24?,26-,40+/m1/s1. The number of terminal acetylenes is 1. The van der Waals surface area contributed by atoms with Crippen LogP contribution in [-0.4, -0.2) is 92.8 Å². The van der Waals surface area contributed by atoms with Crippen LogP contribution in [0.3, 0.4) is 0 Å². The van der Waals surface area contributed by atoms with Gasteiger partial charge in [0.15, 0.2) is 11.6 Å². The Hall–Kier alpha value is -5.36. The Morgan fingerprint density at radius 3 is 2.65 bits per heavy atom. The van der Waals surface area contributed by atoms with Gasteiger partial charge in [0, 0.05) is 56.5 Å². The van der Waals surface area contributed by atoms with Crippen LogP contribution in [0.5, 0.6) is 11.8 Å². The third-order valence-corrected chi connectivity index (χ3v) is 10.5. The number of fused-ring (bicyclic) bond motifs is 3. The van der Waals surface area contributed by atoms with Crippen LogP contribution >= 0.6 is 0 Å². The van der Waals surface area contributed by atoms with Crippen molar-refractivity contribution in [2.45, 2.75) is 83.7 Å². The number of alkyl halides is 1. The molecule has 0 spiro atoms. The van der Waals surface area contributed by atoms with Crippen molar-refractivity contribution < 1.29 is 42.1 Å². The van der Waals surface area contributed by atoms with Gasteiger partial charge in [-0.15, -0.1) is 6.42 Å². The van der Waals surface area contributed by atoms with Crippen molar-refractivity contribution in [1.82, 2.24) is 24.9 Å². The van der Waals surface area contributed by atoms with Crippen molar-refractivity contribution in [3.63, 3.8) is 0 Å². The predicted molar refractivity (Wildman–Crippen MR) is 198 cm³/mol. The maximum absolute atomic E-state index is 17.1. The fourth-order valence-corrected chi connectivity index (χ4v) is 8.02. The van der Waals surface area contributed by atoms with E-state index in [2.05, 4.69) is 20.8 Å². The van der Waals surface area contributed by atoms with Gasteiger partial charge in [-0.25, -0.2) is 23.0 Å². The van der Waals surface area contributed by atoms with Gasteiger partial charge in [0.05, 0.1) is 16.5 Å². The number of phenols is 1. The lowest BCUT2D eigenvalue weighted by molar-refractivity contribution is -0.167. The zero-order valence-corrected chi connectivity index (χ0v) is 31.0. The topological polar surface area (TPSA) is 130 Å². The van der Waals surface area contributed by atoms with Crippen molar-refractivity contribution in [2.24, 2.45) is 5.92 Å². The molecule has 290 valence electrons. The summed E-state index contributed by atoms with van der Waals surface area (Å²) in [5.74, 6) is 0.0902. The molecule has 2 aromatic heterocycles. The largest absolute Gasteiger partial charge is 0.508 e. The van der Waals surface area contributed by atoms with Gasteiger partial charge in [-0.05, 0) is 68.2 Å². The maximum atomic E-state index is 17.1. The second kappa shape index (κ2) is 15.4. The Morgan fingerprint density at radius 1 is 1.07 bits per heavy atom. The molecular weight excluding hydrogens is 717 g/mol. The molecule has 5 heterocycles. The van der Waals surface area contributed by atoms with Gasteiger partial charge in [-0.1, -0.05) is 25.8 Å². The van der Waals surface area contributed by atoms with E-state index in [1.54, 1.807) is 5.01 Å². The van der Waals surface area contributed by atoms with Crippen molar-refractivity contribution >= 4 is 39.6 Å². The summed E-state index contributed by atoms with van der Waals surface area (Å²) in [6.07, 6.45) is 8.02. The summed E-state index contributed by atoms with van der Waals surface area (Å²) in [6.45, 7) is 6.72. The predicted octanol–water partition coefficient (Wildman–Crippen LogP) is 7.04. The van der Waals surface area contributed by atoms with Crippen LogP contribution in [-0.2, 0) is 14.3 Å². The number of ether oxygens (including phenoxy) is 3. The molecule has 4 aromatic rings. The molecule has 7 rings (SSSR count). The minimum atomic E-state index is -1.19. The zero-order valence-electron chi connectivity index (χ0n) is 31.0. The molecule has 3 fully saturated rings. The fraction of sp³-hybridized carbons (Fsp3) is 0.475. The Bertz CT molecular complexity index is 2180. The van der Waals surface area contributed by atoms with Crippen molar-refractivity contribution in [2.75, 3.05) is 37.8 Å². The van der Waals surface area contributed by atoms with Crippen LogP contribution < -0.4 is 9.75 Å². The van der Waals surface area contributed by atoms with Gasteiger partial charge in [0.2, 0.25) is 6.29 Å². The van der Waals surface area contributed by atoms with E-state index in [0.717, 1.165) is 19.4 Å². The molecule has 0 radical (unpaired) electrons. The molecule has 55 heavy (non-hydrogen) atoms. The molecule has 3 aliphatic rings. The SMILES string of the molecule is C#Cc1c(F)ccc2cc(O)cc(-c3ncc4c(N5CCCCCN5C(=O)OC(C)OC(=O)CC(C)C)nc(OC[C@@]56CCCN5C[C@H](F)C6)nc4c3F)c12. The van der Waals surface area contributed by atoms with Gasteiger partial charge in [-0.2, -0.15) is 9.97 Å². The van der Waals surface area contributed by atoms with Crippen molar-refractivity contribution in [3.05, 3.63) is 47.7 Å². The lowest BCUT2D eigenvalue weighted by Gasteiger charge is -2.34. The minimum Gasteiger partial charge on any atom is -0.508 e. The highest BCUT2D eigenvalue weighted by atomic mass is 19.1. The lowest BCUT2D eigenvalue weighted by Crippen LogP contribution is -2.48. The number of esters is 1. The Labute approximate surface area is 316 Å². The van der Waals surface area contributed by atoms with E-state index >= 15 is 4.39 Å². The molecular formula is C40H43F3N6O6. The van der Waals surface area contributed by atoms with E-state index in [1.807, 2.05) is 13.8 Å². The summed E-state index contributed by atoms with van der Waals surface area (Å²) in [5, 5.41) is 14.2. The van der Waals surface area contributed by atoms with Crippen LogP contribution in [0, 0.1) is 29.9 Å². The summed E-state index contributed by atoms with van der Waals surface area (Å²) in [5.41, 5.74) is -1.17. The first-order valence-electron chi connectivity index (χ1n) is 18.6. The highest BCUT2D eigenvalue weighted by molar-refractivity contribution is 6.03. The average Bonchev–Trinajstić information content (AvgIpc) is 3.53. The van der Waals surface area contributed by atoms with Crippen LogP contribution in [0.1, 0.15) is 71.3 Å². The molecule has 12 nitrogen and oxygen atoms in total. The summed E-state index contributed by atoms with van der Waals surface area (Å²) in [4.78, 5) is 41.8. The van der Waals surface area contributed by atoms with E-state index in [1.165, 1.54) is 42.4 Å². The lowest BCUT2D eigenvalue weighted by atomic mass is 9.95. The van der Waals surface area contributed by atoms with Crippen molar-refractivity contribution in [1.29, 1.82) is 0 Å².